The van der Waals surface area contributed by atoms with Gasteiger partial charge in [-0.05, 0) is 50.9 Å². The van der Waals surface area contributed by atoms with Gasteiger partial charge in [0.15, 0.2) is 0 Å². The maximum atomic E-state index is 6.29. The van der Waals surface area contributed by atoms with Gasteiger partial charge in [-0.15, -0.1) is 0 Å². The second-order valence-electron chi connectivity index (χ2n) is 6.84. The first kappa shape index (κ1) is 16.3. The van der Waals surface area contributed by atoms with E-state index in [1.54, 1.807) is 0 Å². The van der Waals surface area contributed by atoms with Crippen LogP contribution in [0.5, 0.6) is 0 Å². The molecule has 0 saturated heterocycles. The van der Waals surface area contributed by atoms with E-state index >= 15 is 0 Å². The number of hydrogen-bond donors (Lipinski definition) is 1. The highest BCUT2D eigenvalue weighted by Crippen LogP contribution is 2.35. The van der Waals surface area contributed by atoms with Crippen LogP contribution in [0.15, 0.2) is 0 Å². The highest BCUT2D eigenvalue weighted by Gasteiger charge is 2.36. The van der Waals surface area contributed by atoms with Gasteiger partial charge < -0.3 is 14.8 Å². The number of ether oxygens (including phenoxy) is 2. The Morgan fingerprint density at radius 1 is 1.05 bits per heavy atom. The van der Waals surface area contributed by atoms with Crippen molar-refractivity contribution in [3.63, 3.8) is 0 Å². The first-order chi connectivity index (χ1) is 9.74. The predicted molar refractivity (Wildman–Crippen MR) is 83.1 cm³/mol. The monoisotopic (exact) mass is 283 g/mol. The van der Waals surface area contributed by atoms with E-state index in [0.29, 0.717) is 0 Å². The average molecular weight is 283 g/mol. The second kappa shape index (κ2) is 8.35. The van der Waals surface area contributed by atoms with Gasteiger partial charge in [-0.3, -0.25) is 0 Å². The summed E-state index contributed by atoms with van der Waals surface area (Å²) in [4.78, 5) is 0. The van der Waals surface area contributed by atoms with E-state index in [9.17, 15) is 0 Å². The van der Waals surface area contributed by atoms with Crippen LogP contribution in [0.25, 0.3) is 0 Å². The standard InChI is InChI=1S/C17H33NO2/c1-3-4-11-19-12-13-20-17(14-18-16-5-6-16)9-7-15(2)8-10-17/h15-16,18H,3-14H2,1-2H3. The summed E-state index contributed by atoms with van der Waals surface area (Å²) in [6, 6.07) is 0.774. The molecule has 0 aromatic heterocycles. The highest BCUT2D eigenvalue weighted by molar-refractivity contribution is 4.92. The van der Waals surface area contributed by atoms with Crippen LogP contribution in [0, 0.1) is 5.92 Å². The van der Waals surface area contributed by atoms with Gasteiger partial charge in [-0.25, -0.2) is 0 Å². The van der Waals surface area contributed by atoms with Gasteiger partial charge in [0.1, 0.15) is 0 Å². The summed E-state index contributed by atoms with van der Waals surface area (Å²) in [6.07, 6.45) is 10.1. The summed E-state index contributed by atoms with van der Waals surface area (Å²) in [7, 11) is 0. The summed E-state index contributed by atoms with van der Waals surface area (Å²) in [5.41, 5.74) is 0.0865. The average Bonchev–Trinajstić information content (AvgIpc) is 3.28. The fourth-order valence-corrected chi connectivity index (χ4v) is 2.94. The lowest BCUT2D eigenvalue weighted by atomic mass is 9.79. The predicted octanol–water partition coefficient (Wildman–Crippen LogP) is 3.52. The minimum Gasteiger partial charge on any atom is -0.379 e. The van der Waals surface area contributed by atoms with E-state index in [-0.39, 0.29) is 5.60 Å². The molecule has 0 amide bonds. The Kier molecular flexibility index (Phi) is 6.79. The molecular weight excluding hydrogens is 250 g/mol. The summed E-state index contributed by atoms with van der Waals surface area (Å²) < 4.78 is 11.9. The van der Waals surface area contributed by atoms with Crippen molar-refractivity contribution >= 4 is 0 Å². The summed E-state index contributed by atoms with van der Waals surface area (Å²) in [5.74, 6) is 0.869. The molecule has 2 aliphatic carbocycles. The van der Waals surface area contributed by atoms with E-state index in [4.69, 9.17) is 9.47 Å². The summed E-state index contributed by atoms with van der Waals surface area (Å²) >= 11 is 0. The Morgan fingerprint density at radius 2 is 1.80 bits per heavy atom. The first-order valence-electron chi connectivity index (χ1n) is 8.69. The molecule has 2 saturated carbocycles. The molecular formula is C17H33NO2. The Morgan fingerprint density at radius 3 is 2.45 bits per heavy atom. The second-order valence-corrected chi connectivity index (χ2v) is 6.84. The Labute approximate surface area is 124 Å². The van der Waals surface area contributed by atoms with Crippen molar-refractivity contribution in [1.82, 2.24) is 5.32 Å². The zero-order valence-electron chi connectivity index (χ0n) is 13.5. The number of hydrogen-bond acceptors (Lipinski definition) is 3. The molecule has 2 aliphatic rings. The Balaban J connectivity index is 1.67. The first-order valence-corrected chi connectivity index (χ1v) is 8.69. The molecule has 0 unspecified atom stereocenters. The molecule has 1 N–H and O–H groups in total. The molecule has 0 heterocycles. The zero-order valence-corrected chi connectivity index (χ0v) is 13.5. The van der Waals surface area contributed by atoms with Gasteiger partial charge in [0.2, 0.25) is 0 Å². The third kappa shape index (κ3) is 5.71. The molecule has 0 spiro atoms. The molecule has 3 nitrogen and oxygen atoms in total. The van der Waals surface area contributed by atoms with Crippen molar-refractivity contribution < 1.29 is 9.47 Å². The summed E-state index contributed by atoms with van der Waals surface area (Å²) in [5, 5.41) is 3.68. The minimum atomic E-state index is 0.0865. The third-order valence-corrected chi connectivity index (χ3v) is 4.75. The minimum absolute atomic E-state index is 0.0865. The lowest BCUT2D eigenvalue weighted by Crippen LogP contribution is -2.47. The van der Waals surface area contributed by atoms with Gasteiger partial charge in [0, 0.05) is 19.2 Å². The van der Waals surface area contributed by atoms with Gasteiger partial charge >= 0.3 is 0 Å². The van der Waals surface area contributed by atoms with Gasteiger partial charge in [-0.1, -0.05) is 20.3 Å². The number of rotatable bonds is 10. The van der Waals surface area contributed by atoms with Crippen molar-refractivity contribution in [3.8, 4) is 0 Å². The van der Waals surface area contributed by atoms with E-state index < -0.39 is 0 Å². The van der Waals surface area contributed by atoms with Gasteiger partial charge in [0.25, 0.3) is 0 Å². The fourth-order valence-electron chi connectivity index (χ4n) is 2.94. The van der Waals surface area contributed by atoms with Crippen LogP contribution >= 0.6 is 0 Å². The molecule has 3 heteroatoms. The van der Waals surface area contributed by atoms with Crippen LogP contribution in [0.2, 0.25) is 0 Å². The molecule has 0 aromatic carbocycles. The molecule has 0 bridgehead atoms. The van der Waals surface area contributed by atoms with Gasteiger partial charge in [-0.2, -0.15) is 0 Å². The number of unbranched alkanes of at least 4 members (excludes halogenated alkanes) is 1. The van der Waals surface area contributed by atoms with Crippen LogP contribution in [0.4, 0.5) is 0 Å². The van der Waals surface area contributed by atoms with Crippen LogP contribution in [-0.2, 0) is 9.47 Å². The van der Waals surface area contributed by atoms with Crippen LogP contribution in [0.1, 0.15) is 65.2 Å². The molecule has 0 aromatic rings. The van der Waals surface area contributed by atoms with E-state index in [1.807, 2.05) is 0 Å². The van der Waals surface area contributed by atoms with Crippen LogP contribution in [-0.4, -0.2) is 38.0 Å². The molecule has 20 heavy (non-hydrogen) atoms. The molecule has 2 rings (SSSR count). The van der Waals surface area contributed by atoms with E-state index in [2.05, 4.69) is 19.2 Å². The molecule has 2 fully saturated rings. The fraction of sp³-hybridized carbons (Fsp3) is 1.00. The maximum absolute atomic E-state index is 6.29. The quantitative estimate of drug-likeness (QED) is 0.622. The summed E-state index contributed by atoms with van der Waals surface area (Å²) in [6.45, 7) is 7.99. The zero-order chi connectivity index (χ0) is 14.3. The Hall–Kier alpha value is -0.120. The largest absolute Gasteiger partial charge is 0.379 e. The van der Waals surface area contributed by atoms with Crippen LogP contribution in [0.3, 0.4) is 0 Å². The smallest absolute Gasteiger partial charge is 0.0807 e. The third-order valence-electron chi connectivity index (χ3n) is 4.75. The lowest BCUT2D eigenvalue weighted by molar-refractivity contribution is -0.0919. The topological polar surface area (TPSA) is 30.5 Å². The van der Waals surface area contributed by atoms with Crippen molar-refractivity contribution in [1.29, 1.82) is 0 Å². The van der Waals surface area contributed by atoms with Crippen molar-refractivity contribution in [2.45, 2.75) is 76.9 Å². The van der Waals surface area contributed by atoms with Crippen molar-refractivity contribution in [2.75, 3.05) is 26.4 Å². The molecule has 0 atom stereocenters. The molecule has 0 aliphatic heterocycles. The van der Waals surface area contributed by atoms with Crippen molar-refractivity contribution in [2.24, 2.45) is 5.92 Å². The Bertz CT molecular complexity index is 258. The van der Waals surface area contributed by atoms with Crippen LogP contribution < -0.4 is 5.32 Å². The molecule has 0 radical (unpaired) electrons. The van der Waals surface area contributed by atoms with Gasteiger partial charge in [0.05, 0.1) is 18.8 Å². The SMILES string of the molecule is CCCCOCCOC1(CNC2CC2)CCC(C)CC1. The van der Waals surface area contributed by atoms with E-state index in [1.165, 1.54) is 44.9 Å². The van der Waals surface area contributed by atoms with Crippen molar-refractivity contribution in [3.05, 3.63) is 0 Å². The lowest BCUT2D eigenvalue weighted by Gasteiger charge is -2.39. The highest BCUT2D eigenvalue weighted by atomic mass is 16.5. The maximum Gasteiger partial charge on any atom is 0.0807 e. The van der Waals surface area contributed by atoms with E-state index in [0.717, 1.165) is 44.7 Å². The number of nitrogens with one attached hydrogen (secondary N) is 1. The molecule has 118 valence electrons. The normalized spacial score (nSPS) is 30.6.